The van der Waals surface area contributed by atoms with Gasteiger partial charge in [0.2, 0.25) is 0 Å². The van der Waals surface area contributed by atoms with Crippen LogP contribution in [-0.2, 0) is 17.5 Å². The van der Waals surface area contributed by atoms with Crippen molar-refractivity contribution in [1.82, 2.24) is 10.2 Å². The molecule has 1 aromatic carbocycles. The third-order valence-corrected chi connectivity index (χ3v) is 4.08. The average Bonchev–Trinajstić information content (AvgIpc) is 2.62. The number of rotatable bonds is 4. The van der Waals surface area contributed by atoms with E-state index in [0.717, 1.165) is 30.4 Å². The molecule has 8 heteroatoms. The van der Waals surface area contributed by atoms with E-state index in [9.17, 15) is 13.2 Å². The monoisotopic (exact) mass is 352 g/mol. The van der Waals surface area contributed by atoms with Gasteiger partial charge in [-0.3, -0.25) is 0 Å². The Morgan fingerprint density at radius 1 is 1.08 bits per heavy atom. The van der Waals surface area contributed by atoms with Crippen LogP contribution in [0.1, 0.15) is 11.3 Å². The molecule has 1 fully saturated rings. The topological polar surface area (TPSA) is 41.5 Å². The Bertz CT molecular complexity index is 700. The third kappa shape index (κ3) is 4.19. The van der Waals surface area contributed by atoms with Crippen LogP contribution in [0.25, 0.3) is 0 Å². The van der Waals surface area contributed by atoms with Crippen LogP contribution in [0.3, 0.4) is 0 Å². The summed E-state index contributed by atoms with van der Waals surface area (Å²) in [5, 5.41) is 6.99. The van der Waals surface area contributed by atoms with Crippen molar-refractivity contribution in [3.8, 4) is 0 Å². The van der Waals surface area contributed by atoms with E-state index >= 15 is 0 Å². The van der Waals surface area contributed by atoms with E-state index in [2.05, 4.69) is 15.1 Å². The zero-order valence-electron chi connectivity index (χ0n) is 13.8. The van der Waals surface area contributed by atoms with Gasteiger partial charge in [0.1, 0.15) is 0 Å². The first-order chi connectivity index (χ1) is 11.9. The molecule has 3 rings (SSSR count). The number of nitrogens with zero attached hydrogens (tertiary/aromatic N) is 4. The first kappa shape index (κ1) is 17.5. The van der Waals surface area contributed by atoms with Crippen molar-refractivity contribution in [2.75, 3.05) is 43.2 Å². The molecule has 25 heavy (non-hydrogen) atoms. The molecule has 1 aromatic heterocycles. The second-order valence-electron chi connectivity index (χ2n) is 5.86. The molecule has 1 saturated heterocycles. The number of para-hydroxylation sites is 1. The summed E-state index contributed by atoms with van der Waals surface area (Å²) in [7, 11) is 1.79. The lowest BCUT2D eigenvalue weighted by Crippen LogP contribution is -2.37. The fraction of sp³-hybridized carbons (Fsp3) is 0.412. The Morgan fingerprint density at radius 3 is 2.44 bits per heavy atom. The molecule has 1 aliphatic heterocycles. The van der Waals surface area contributed by atoms with Gasteiger partial charge in [-0.2, -0.15) is 13.2 Å². The van der Waals surface area contributed by atoms with Gasteiger partial charge in [0.15, 0.2) is 11.5 Å². The Balaban J connectivity index is 1.76. The van der Waals surface area contributed by atoms with E-state index < -0.39 is 11.9 Å². The summed E-state index contributed by atoms with van der Waals surface area (Å²) >= 11 is 0. The van der Waals surface area contributed by atoms with E-state index in [1.54, 1.807) is 11.9 Å². The maximum atomic E-state index is 12.6. The maximum Gasteiger partial charge on any atom is 0.435 e. The first-order valence-electron chi connectivity index (χ1n) is 7.98. The Kier molecular flexibility index (Phi) is 5.08. The van der Waals surface area contributed by atoms with E-state index in [1.165, 1.54) is 6.07 Å². The Hall–Kier alpha value is -2.35. The van der Waals surface area contributed by atoms with Gasteiger partial charge in [0, 0.05) is 32.4 Å². The fourth-order valence-electron chi connectivity index (χ4n) is 2.77. The van der Waals surface area contributed by atoms with Crippen molar-refractivity contribution in [2.45, 2.75) is 12.7 Å². The molecule has 2 heterocycles. The van der Waals surface area contributed by atoms with Crippen LogP contribution in [0, 0.1) is 0 Å². The zero-order chi connectivity index (χ0) is 17.9. The highest BCUT2D eigenvalue weighted by atomic mass is 19.4. The molecular formula is C17H19F3N4O. The van der Waals surface area contributed by atoms with Crippen LogP contribution in [-0.4, -0.2) is 43.5 Å². The van der Waals surface area contributed by atoms with Crippen molar-refractivity contribution in [3.05, 3.63) is 47.7 Å². The summed E-state index contributed by atoms with van der Waals surface area (Å²) in [6.45, 7) is 3.54. The normalized spacial score (nSPS) is 15.3. The molecule has 0 atom stereocenters. The summed E-state index contributed by atoms with van der Waals surface area (Å²) in [4.78, 5) is 4.04. The lowest BCUT2D eigenvalue weighted by Gasteiger charge is -2.31. The molecule has 0 amide bonds. The van der Waals surface area contributed by atoms with Crippen LogP contribution >= 0.6 is 0 Å². The number of ether oxygens (including phenoxy) is 1. The van der Waals surface area contributed by atoms with Gasteiger partial charge in [0.25, 0.3) is 0 Å². The average molecular weight is 352 g/mol. The van der Waals surface area contributed by atoms with Gasteiger partial charge >= 0.3 is 6.18 Å². The highest BCUT2D eigenvalue weighted by Gasteiger charge is 2.33. The molecule has 0 N–H and O–H groups in total. The van der Waals surface area contributed by atoms with Gasteiger partial charge < -0.3 is 14.5 Å². The predicted octanol–water partition coefficient (Wildman–Crippen LogP) is 2.97. The molecule has 134 valence electrons. The molecule has 0 radical (unpaired) electrons. The van der Waals surface area contributed by atoms with Gasteiger partial charge in [-0.05, 0) is 23.8 Å². The summed E-state index contributed by atoms with van der Waals surface area (Å²) in [5.74, 6) is 0.393. The van der Waals surface area contributed by atoms with Crippen molar-refractivity contribution in [1.29, 1.82) is 0 Å². The standard InChI is InChI=1S/C17H19F3N4O/c1-23(16-7-6-15(21-22-16)17(18,19)20)12-13-4-2-3-5-14(13)24-8-10-25-11-9-24/h2-7H,8-12H2,1H3. The van der Waals surface area contributed by atoms with E-state index in [-0.39, 0.29) is 0 Å². The van der Waals surface area contributed by atoms with Crippen LogP contribution in [0.4, 0.5) is 24.7 Å². The molecule has 0 saturated carbocycles. The van der Waals surface area contributed by atoms with Crippen molar-refractivity contribution < 1.29 is 17.9 Å². The Labute approximate surface area is 144 Å². The fourth-order valence-corrected chi connectivity index (χ4v) is 2.77. The minimum atomic E-state index is -4.48. The number of hydrogen-bond acceptors (Lipinski definition) is 5. The lowest BCUT2D eigenvalue weighted by molar-refractivity contribution is -0.141. The second kappa shape index (κ2) is 7.26. The van der Waals surface area contributed by atoms with Crippen molar-refractivity contribution >= 4 is 11.5 Å². The van der Waals surface area contributed by atoms with E-state index in [1.807, 2.05) is 24.3 Å². The second-order valence-corrected chi connectivity index (χ2v) is 5.86. The number of aromatic nitrogens is 2. The first-order valence-corrected chi connectivity index (χ1v) is 7.98. The molecule has 1 aliphatic rings. The largest absolute Gasteiger partial charge is 0.435 e. The van der Waals surface area contributed by atoms with Crippen LogP contribution in [0.15, 0.2) is 36.4 Å². The third-order valence-electron chi connectivity index (χ3n) is 4.08. The molecule has 2 aromatic rings. The van der Waals surface area contributed by atoms with E-state index in [0.29, 0.717) is 25.6 Å². The lowest BCUT2D eigenvalue weighted by atomic mass is 10.1. The number of halogens is 3. The highest BCUT2D eigenvalue weighted by Crippen LogP contribution is 2.28. The van der Waals surface area contributed by atoms with Crippen molar-refractivity contribution in [2.24, 2.45) is 0 Å². The van der Waals surface area contributed by atoms with Crippen LogP contribution < -0.4 is 9.80 Å². The molecule has 5 nitrogen and oxygen atoms in total. The number of morpholine rings is 1. The van der Waals surface area contributed by atoms with Gasteiger partial charge in [-0.1, -0.05) is 18.2 Å². The molecule has 0 aliphatic carbocycles. The zero-order valence-corrected chi connectivity index (χ0v) is 13.8. The summed E-state index contributed by atoms with van der Waals surface area (Å²) < 4.78 is 43.2. The summed E-state index contributed by atoms with van der Waals surface area (Å²) in [5.41, 5.74) is 1.20. The van der Waals surface area contributed by atoms with Gasteiger partial charge in [-0.15, -0.1) is 10.2 Å². The van der Waals surface area contributed by atoms with Crippen LogP contribution in [0.5, 0.6) is 0 Å². The number of hydrogen-bond donors (Lipinski definition) is 0. The van der Waals surface area contributed by atoms with Crippen molar-refractivity contribution in [3.63, 3.8) is 0 Å². The molecule has 0 bridgehead atoms. The SMILES string of the molecule is CN(Cc1ccccc1N1CCOCC1)c1ccc(C(F)(F)F)nn1. The van der Waals surface area contributed by atoms with Gasteiger partial charge in [0.05, 0.1) is 13.2 Å². The van der Waals surface area contributed by atoms with E-state index in [4.69, 9.17) is 4.74 Å². The number of anilines is 2. The number of benzene rings is 1. The molecule has 0 unspecified atom stereocenters. The molecular weight excluding hydrogens is 333 g/mol. The van der Waals surface area contributed by atoms with Gasteiger partial charge in [-0.25, -0.2) is 0 Å². The predicted molar refractivity (Wildman–Crippen MR) is 88.6 cm³/mol. The van der Waals surface area contributed by atoms with Crippen LogP contribution in [0.2, 0.25) is 0 Å². The summed E-state index contributed by atoms with van der Waals surface area (Å²) in [6.07, 6.45) is -4.48. The minimum Gasteiger partial charge on any atom is -0.378 e. The quantitative estimate of drug-likeness (QED) is 0.846. The molecule has 0 spiro atoms. The minimum absolute atomic E-state index is 0.393. The Morgan fingerprint density at radius 2 is 1.80 bits per heavy atom. The maximum absolute atomic E-state index is 12.6. The summed E-state index contributed by atoms with van der Waals surface area (Å²) in [6, 6.07) is 10.3. The number of alkyl halides is 3. The smallest absolute Gasteiger partial charge is 0.378 e. The highest BCUT2D eigenvalue weighted by molar-refractivity contribution is 5.55.